The number of carbonyl (C=O) groups is 1. The molecule has 1 aromatic carbocycles. The minimum absolute atomic E-state index is 0.154. The molecule has 4 rings (SSSR count). The van der Waals surface area contributed by atoms with Crippen molar-refractivity contribution in [1.29, 1.82) is 0 Å². The number of piperazine rings is 1. The molecular weight excluding hydrogens is 320 g/mol. The van der Waals surface area contributed by atoms with Crippen molar-refractivity contribution in [2.75, 3.05) is 26.2 Å². The van der Waals surface area contributed by atoms with Crippen molar-refractivity contribution in [2.24, 2.45) is 0 Å². The van der Waals surface area contributed by atoms with Gasteiger partial charge in [-0.05, 0) is 25.3 Å². The van der Waals surface area contributed by atoms with Crippen molar-refractivity contribution >= 4 is 16.7 Å². The highest BCUT2D eigenvalue weighted by atomic mass is 16.3. The topological polar surface area (TPSA) is 89.5 Å². The molecule has 1 aliphatic heterocycles. The van der Waals surface area contributed by atoms with E-state index in [0.29, 0.717) is 29.6 Å². The second kappa shape index (κ2) is 6.57. The minimum Gasteiger partial charge on any atom is -0.391 e. The lowest BCUT2D eigenvalue weighted by atomic mass is 10.1. The van der Waals surface area contributed by atoms with E-state index in [1.165, 1.54) is 0 Å². The summed E-state index contributed by atoms with van der Waals surface area (Å²) >= 11 is 0. The number of aromatic nitrogens is 2. The summed E-state index contributed by atoms with van der Waals surface area (Å²) in [5, 5.41) is 17.6. The summed E-state index contributed by atoms with van der Waals surface area (Å²) in [7, 11) is 0. The summed E-state index contributed by atoms with van der Waals surface area (Å²) in [6, 6.07) is 7.27. The van der Waals surface area contributed by atoms with Gasteiger partial charge in [0.1, 0.15) is 0 Å². The maximum atomic E-state index is 12.9. The van der Waals surface area contributed by atoms with E-state index >= 15 is 0 Å². The highest BCUT2D eigenvalue weighted by Gasteiger charge is 2.34. The number of aliphatic hydroxyl groups is 1. The van der Waals surface area contributed by atoms with Gasteiger partial charge in [-0.15, -0.1) is 0 Å². The Bertz CT molecular complexity index is 842. The van der Waals surface area contributed by atoms with Crippen LogP contribution in [0.3, 0.4) is 0 Å². The smallest absolute Gasteiger partial charge is 0.275 e. The first kappa shape index (κ1) is 16.2. The molecule has 2 atom stereocenters. The lowest BCUT2D eigenvalue weighted by Crippen LogP contribution is -2.53. The molecule has 1 aliphatic carbocycles. The normalized spacial score (nSPS) is 24.8. The molecule has 2 N–H and O–H groups in total. The third-order valence-electron chi connectivity index (χ3n) is 5.41. The summed E-state index contributed by atoms with van der Waals surface area (Å²) in [6.45, 7) is 2.73. The van der Waals surface area contributed by atoms with Gasteiger partial charge in [-0.3, -0.25) is 14.5 Å². The predicted molar refractivity (Wildman–Crippen MR) is 93.5 cm³/mol. The molecule has 7 heteroatoms. The van der Waals surface area contributed by atoms with E-state index in [2.05, 4.69) is 15.1 Å². The zero-order chi connectivity index (χ0) is 17.4. The average Bonchev–Trinajstić information content (AvgIpc) is 3.08. The van der Waals surface area contributed by atoms with Crippen LogP contribution < -0.4 is 5.56 Å². The van der Waals surface area contributed by atoms with E-state index in [1.54, 1.807) is 29.2 Å². The van der Waals surface area contributed by atoms with E-state index in [1.807, 2.05) is 0 Å². The van der Waals surface area contributed by atoms with Crippen LogP contribution in [-0.2, 0) is 0 Å². The fourth-order valence-electron chi connectivity index (χ4n) is 4.03. The van der Waals surface area contributed by atoms with Gasteiger partial charge in [0.05, 0.1) is 11.5 Å². The van der Waals surface area contributed by atoms with Gasteiger partial charge in [0.25, 0.3) is 11.5 Å². The molecule has 1 saturated carbocycles. The molecule has 0 bridgehead atoms. The molecule has 1 saturated heterocycles. The van der Waals surface area contributed by atoms with E-state index in [9.17, 15) is 14.7 Å². The van der Waals surface area contributed by atoms with Gasteiger partial charge in [-0.1, -0.05) is 18.2 Å². The summed E-state index contributed by atoms with van der Waals surface area (Å²) in [4.78, 5) is 28.8. The molecule has 132 valence electrons. The number of rotatable bonds is 2. The molecular formula is C18H22N4O3. The molecule has 2 aliphatic rings. The first-order valence-electron chi connectivity index (χ1n) is 8.84. The highest BCUT2D eigenvalue weighted by Crippen LogP contribution is 2.25. The average molecular weight is 342 g/mol. The molecule has 1 aromatic heterocycles. The Morgan fingerprint density at radius 3 is 2.52 bits per heavy atom. The number of amides is 1. The van der Waals surface area contributed by atoms with E-state index in [-0.39, 0.29) is 23.6 Å². The number of nitrogens with zero attached hydrogens (tertiary/aromatic N) is 3. The van der Waals surface area contributed by atoms with Gasteiger partial charge < -0.3 is 10.0 Å². The predicted octanol–water partition coefficient (Wildman–Crippen LogP) is 0.594. The van der Waals surface area contributed by atoms with Crippen molar-refractivity contribution < 1.29 is 9.90 Å². The maximum Gasteiger partial charge on any atom is 0.275 e. The second-order valence-corrected chi connectivity index (χ2v) is 6.84. The molecule has 0 radical (unpaired) electrons. The van der Waals surface area contributed by atoms with Crippen LogP contribution in [0, 0.1) is 0 Å². The molecule has 1 amide bonds. The number of aliphatic hydroxyl groups excluding tert-OH is 1. The Hall–Kier alpha value is -2.25. The van der Waals surface area contributed by atoms with Crippen LogP contribution in [0.2, 0.25) is 0 Å². The number of benzene rings is 1. The number of hydrogen-bond acceptors (Lipinski definition) is 5. The second-order valence-electron chi connectivity index (χ2n) is 6.84. The Morgan fingerprint density at radius 1 is 1.12 bits per heavy atom. The number of aromatic amines is 1. The maximum absolute atomic E-state index is 12.9. The fraction of sp³-hybridized carbons (Fsp3) is 0.500. The van der Waals surface area contributed by atoms with Crippen LogP contribution in [0.1, 0.15) is 29.8 Å². The zero-order valence-corrected chi connectivity index (χ0v) is 14.0. The molecule has 25 heavy (non-hydrogen) atoms. The molecule has 0 unspecified atom stereocenters. The van der Waals surface area contributed by atoms with Crippen LogP contribution in [0.15, 0.2) is 29.1 Å². The van der Waals surface area contributed by atoms with Crippen LogP contribution in [0.25, 0.3) is 10.8 Å². The van der Waals surface area contributed by atoms with Gasteiger partial charge in [-0.2, -0.15) is 5.10 Å². The van der Waals surface area contributed by atoms with Crippen molar-refractivity contribution in [3.8, 4) is 0 Å². The van der Waals surface area contributed by atoms with E-state index < -0.39 is 0 Å². The Kier molecular flexibility index (Phi) is 4.27. The fourth-order valence-corrected chi connectivity index (χ4v) is 4.03. The molecule has 2 fully saturated rings. The quantitative estimate of drug-likeness (QED) is 0.834. The molecule has 2 aromatic rings. The van der Waals surface area contributed by atoms with Gasteiger partial charge in [0.15, 0.2) is 5.69 Å². The third kappa shape index (κ3) is 2.94. The summed E-state index contributed by atoms with van der Waals surface area (Å²) in [5.41, 5.74) is 0.0109. The number of carbonyl (C=O) groups excluding carboxylic acids is 1. The van der Waals surface area contributed by atoms with E-state index in [4.69, 9.17) is 0 Å². The molecule has 0 spiro atoms. The first-order chi connectivity index (χ1) is 12.1. The Morgan fingerprint density at radius 2 is 1.84 bits per heavy atom. The van der Waals surface area contributed by atoms with Crippen molar-refractivity contribution in [3.05, 3.63) is 40.3 Å². The monoisotopic (exact) mass is 342 g/mol. The largest absolute Gasteiger partial charge is 0.391 e. The van der Waals surface area contributed by atoms with Crippen LogP contribution >= 0.6 is 0 Å². The van der Waals surface area contributed by atoms with Gasteiger partial charge in [0, 0.05) is 37.6 Å². The summed E-state index contributed by atoms with van der Waals surface area (Å²) in [6.07, 6.45) is 2.73. The van der Waals surface area contributed by atoms with E-state index in [0.717, 1.165) is 32.4 Å². The van der Waals surface area contributed by atoms with Gasteiger partial charge in [-0.25, -0.2) is 5.10 Å². The van der Waals surface area contributed by atoms with Gasteiger partial charge >= 0.3 is 0 Å². The molecule has 7 nitrogen and oxygen atoms in total. The zero-order valence-electron chi connectivity index (χ0n) is 14.0. The van der Waals surface area contributed by atoms with Crippen molar-refractivity contribution in [2.45, 2.75) is 31.4 Å². The standard InChI is InChI=1S/C18H22N4O3/c23-15-7-3-6-14(15)21-8-10-22(11-9-21)18(25)16-12-4-1-2-5-13(12)17(24)20-19-16/h1-2,4-5,14-15,23H,3,6-11H2,(H,20,24)/t14-,15+/m0/s1. The Labute approximate surface area is 145 Å². The van der Waals surface area contributed by atoms with Crippen molar-refractivity contribution in [3.63, 3.8) is 0 Å². The Balaban J connectivity index is 1.51. The lowest BCUT2D eigenvalue weighted by molar-refractivity contribution is 0.0313. The highest BCUT2D eigenvalue weighted by molar-refractivity contribution is 6.04. The molecule has 2 heterocycles. The number of nitrogens with one attached hydrogen (secondary N) is 1. The number of H-pyrrole nitrogens is 1. The van der Waals surface area contributed by atoms with Crippen LogP contribution in [-0.4, -0.2) is 69.3 Å². The van der Waals surface area contributed by atoms with Crippen LogP contribution in [0.4, 0.5) is 0 Å². The lowest BCUT2D eigenvalue weighted by Gasteiger charge is -2.39. The van der Waals surface area contributed by atoms with Gasteiger partial charge in [0.2, 0.25) is 0 Å². The summed E-state index contributed by atoms with van der Waals surface area (Å²) < 4.78 is 0. The van der Waals surface area contributed by atoms with Crippen molar-refractivity contribution in [1.82, 2.24) is 20.0 Å². The minimum atomic E-state index is -0.285. The SMILES string of the molecule is O=C(c1n[nH]c(=O)c2ccccc12)N1CCN([C@H]2CCC[C@H]2O)CC1. The first-order valence-corrected chi connectivity index (χ1v) is 8.84. The summed E-state index contributed by atoms with van der Waals surface area (Å²) in [5.74, 6) is -0.154. The number of hydrogen-bond donors (Lipinski definition) is 2. The number of fused-ring (bicyclic) bond motifs is 1. The van der Waals surface area contributed by atoms with Crippen LogP contribution in [0.5, 0.6) is 0 Å². The third-order valence-corrected chi connectivity index (χ3v) is 5.41.